The summed E-state index contributed by atoms with van der Waals surface area (Å²) in [5, 5.41) is 8.76. The predicted octanol–water partition coefficient (Wildman–Crippen LogP) is 2.15. The fourth-order valence-electron chi connectivity index (χ4n) is 1.40. The molecule has 0 amide bonds. The normalized spacial score (nSPS) is 12.1. The molecule has 0 bridgehead atoms. The van der Waals surface area contributed by atoms with E-state index in [9.17, 15) is 0 Å². The molecule has 1 aromatic carbocycles. The van der Waals surface area contributed by atoms with Crippen molar-refractivity contribution in [3.05, 3.63) is 34.9 Å². The Hall–Kier alpha value is -1.33. The molecular weight excluding hydrogens is 172 g/mol. The summed E-state index contributed by atoms with van der Waals surface area (Å²) < 4.78 is 0. The number of aryl methyl sites for hydroxylation is 2. The summed E-state index contributed by atoms with van der Waals surface area (Å²) in [5.41, 5.74) is 8.75. The molecule has 0 aliphatic heterocycles. The topological polar surface area (TPSA) is 49.8 Å². The molecule has 0 aliphatic carbocycles. The number of rotatable bonds is 3. The smallest absolute Gasteiger partial charge is 0.0994 e. The van der Waals surface area contributed by atoms with Crippen molar-refractivity contribution in [1.82, 2.24) is 0 Å². The molecule has 1 aromatic rings. The van der Waals surface area contributed by atoms with Crippen molar-refractivity contribution < 1.29 is 0 Å². The third-order valence-corrected chi connectivity index (χ3v) is 2.30. The lowest BCUT2D eigenvalue weighted by Crippen LogP contribution is -2.15. The van der Waals surface area contributed by atoms with Gasteiger partial charge in [-0.3, -0.25) is 0 Å². The van der Waals surface area contributed by atoms with Gasteiger partial charge in [0.1, 0.15) is 0 Å². The van der Waals surface area contributed by atoms with E-state index < -0.39 is 0 Å². The average Bonchev–Trinajstić information content (AvgIpc) is 2.15. The van der Waals surface area contributed by atoms with Crippen LogP contribution in [0.2, 0.25) is 0 Å². The van der Waals surface area contributed by atoms with Crippen molar-refractivity contribution in [2.75, 3.05) is 0 Å². The Morgan fingerprint density at radius 2 is 2.21 bits per heavy atom. The van der Waals surface area contributed by atoms with Gasteiger partial charge in [-0.25, -0.2) is 0 Å². The maximum atomic E-state index is 8.76. The zero-order valence-electron chi connectivity index (χ0n) is 8.75. The van der Waals surface area contributed by atoms with Gasteiger partial charge in [-0.1, -0.05) is 12.1 Å². The standard InChI is InChI=1S/C12H16N2/c1-9-7-11(4-3-10(2)14)5-6-12(9)8-13/h5-7,10H,3-4,14H2,1-2H3. The first-order valence-electron chi connectivity index (χ1n) is 4.88. The van der Waals surface area contributed by atoms with Crippen LogP contribution >= 0.6 is 0 Å². The summed E-state index contributed by atoms with van der Waals surface area (Å²) >= 11 is 0. The molecule has 0 aromatic heterocycles. The van der Waals surface area contributed by atoms with Gasteiger partial charge in [0.2, 0.25) is 0 Å². The molecular formula is C12H16N2. The molecule has 0 fully saturated rings. The average molecular weight is 188 g/mol. The monoisotopic (exact) mass is 188 g/mol. The Balaban J connectivity index is 2.73. The van der Waals surface area contributed by atoms with Crippen molar-refractivity contribution in [1.29, 1.82) is 5.26 Å². The summed E-state index contributed by atoms with van der Waals surface area (Å²) in [5.74, 6) is 0. The van der Waals surface area contributed by atoms with Crippen LogP contribution in [0.5, 0.6) is 0 Å². The molecule has 14 heavy (non-hydrogen) atoms. The second-order valence-electron chi connectivity index (χ2n) is 3.78. The van der Waals surface area contributed by atoms with E-state index in [1.807, 2.05) is 26.0 Å². The SMILES string of the molecule is Cc1cc(CCC(C)N)ccc1C#N. The van der Waals surface area contributed by atoms with E-state index in [0.29, 0.717) is 0 Å². The first kappa shape index (κ1) is 10.7. The van der Waals surface area contributed by atoms with Crippen LogP contribution in [0.3, 0.4) is 0 Å². The fraction of sp³-hybridized carbons (Fsp3) is 0.417. The van der Waals surface area contributed by atoms with Gasteiger partial charge in [0.05, 0.1) is 11.6 Å². The summed E-state index contributed by atoms with van der Waals surface area (Å²) in [6, 6.07) is 8.36. The van der Waals surface area contributed by atoms with Gasteiger partial charge in [0.25, 0.3) is 0 Å². The highest BCUT2D eigenvalue weighted by atomic mass is 14.6. The molecule has 1 unspecified atom stereocenters. The highest BCUT2D eigenvalue weighted by Crippen LogP contribution is 2.12. The van der Waals surface area contributed by atoms with Gasteiger partial charge in [0.15, 0.2) is 0 Å². The highest BCUT2D eigenvalue weighted by molar-refractivity contribution is 5.39. The Labute approximate surface area is 85.4 Å². The van der Waals surface area contributed by atoms with E-state index in [1.54, 1.807) is 0 Å². The molecule has 0 saturated carbocycles. The van der Waals surface area contributed by atoms with Gasteiger partial charge in [-0.2, -0.15) is 5.26 Å². The van der Waals surface area contributed by atoms with Crippen molar-refractivity contribution >= 4 is 0 Å². The summed E-state index contributed by atoms with van der Waals surface area (Å²) in [7, 11) is 0. The van der Waals surface area contributed by atoms with Crippen LogP contribution in [-0.2, 0) is 6.42 Å². The third kappa shape index (κ3) is 2.86. The van der Waals surface area contributed by atoms with E-state index in [-0.39, 0.29) is 6.04 Å². The molecule has 2 N–H and O–H groups in total. The van der Waals surface area contributed by atoms with Crippen molar-refractivity contribution in [2.24, 2.45) is 5.73 Å². The first-order valence-corrected chi connectivity index (χ1v) is 4.88. The summed E-state index contributed by atoms with van der Waals surface area (Å²) in [4.78, 5) is 0. The van der Waals surface area contributed by atoms with Crippen LogP contribution in [0, 0.1) is 18.3 Å². The van der Waals surface area contributed by atoms with E-state index in [4.69, 9.17) is 11.0 Å². The fourth-order valence-corrected chi connectivity index (χ4v) is 1.40. The third-order valence-electron chi connectivity index (χ3n) is 2.30. The minimum absolute atomic E-state index is 0.242. The Morgan fingerprint density at radius 1 is 1.50 bits per heavy atom. The number of benzene rings is 1. The van der Waals surface area contributed by atoms with Crippen molar-refractivity contribution in [2.45, 2.75) is 32.7 Å². The Kier molecular flexibility index (Phi) is 3.67. The number of hydrogen-bond acceptors (Lipinski definition) is 2. The van der Waals surface area contributed by atoms with Crippen LogP contribution in [0.1, 0.15) is 30.0 Å². The molecule has 1 atom stereocenters. The second kappa shape index (κ2) is 4.78. The molecule has 0 radical (unpaired) electrons. The Bertz CT molecular complexity index is 348. The molecule has 0 saturated heterocycles. The van der Waals surface area contributed by atoms with Gasteiger partial charge < -0.3 is 5.73 Å². The molecule has 2 nitrogen and oxygen atoms in total. The minimum Gasteiger partial charge on any atom is -0.328 e. The van der Waals surface area contributed by atoms with Crippen molar-refractivity contribution in [3.63, 3.8) is 0 Å². The highest BCUT2D eigenvalue weighted by Gasteiger charge is 2.00. The van der Waals surface area contributed by atoms with Gasteiger partial charge in [0, 0.05) is 6.04 Å². The molecule has 2 heteroatoms. The van der Waals surface area contributed by atoms with Gasteiger partial charge in [-0.05, 0) is 43.9 Å². The van der Waals surface area contributed by atoms with E-state index in [1.165, 1.54) is 5.56 Å². The Morgan fingerprint density at radius 3 is 2.71 bits per heavy atom. The predicted molar refractivity (Wildman–Crippen MR) is 57.9 cm³/mol. The number of nitrogens with zero attached hydrogens (tertiary/aromatic N) is 1. The van der Waals surface area contributed by atoms with Crippen molar-refractivity contribution in [3.8, 4) is 6.07 Å². The second-order valence-corrected chi connectivity index (χ2v) is 3.78. The van der Waals surface area contributed by atoms with Gasteiger partial charge >= 0.3 is 0 Å². The largest absolute Gasteiger partial charge is 0.328 e. The van der Waals surface area contributed by atoms with Gasteiger partial charge in [-0.15, -0.1) is 0 Å². The summed E-state index contributed by atoms with van der Waals surface area (Å²) in [6.07, 6.45) is 1.98. The summed E-state index contributed by atoms with van der Waals surface area (Å²) in [6.45, 7) is 3.98. The number of hydrogen-bond donors (Lipinski definition) is 1. The van der Waals surface area contributed by atoms with Crippen LogP contribution < -0.4 is 5.73 Å². The van der Waals surface area contributed by atoms with Crippen LogP contribution in [-0.4, -0.2) is 6.04 Å². The van der Waals surface area contributed by atoms with E-state index >= 15 is 0 Å². The lowest BCUT2D eigenvalue weighted by atomic mass is 10.0. The van der Waals surface area contributed by atoms with E-state index in [2.05, 4.69) is 12.1 Å². The maximum absolute atomic E-state index is 8.76. The lowest BCUT2D eigenvalue weighted by molar-refractivity contribution is 0.666. The van der Waals surface area contributed by atoms with Crippen LogP contribution in [0.4, 0.5) is 0 Å². The number of nitriles is 1. The molecule has 0 aliphatic rings. The quantitative estimate of drug-likeness (QED) is 0.790. The first-order chi connectivity index (χ1) is 6.63. The van der Waals surface area contributed by atoms with Crippen LogP contribution in [0.25, 0.3) is 0 Å². The maximum Gasteiger partial charge on any atom is 0.0994 e. The lowest BCUT2D eigenvalue weighted by Gasteiger charge is -2.06. The molecule has 1 rings (SSSR count). The zero-order chi connectivity index (χ0) is 10.6. The zero-order valence-corrected chi connectivity index (χ0v) is 8.75. The minimum atomic E-state index is 0.242. The molecule has 0 spiro atoms. The van der Waals surface area contributed by atoms with E-state index in [0.717, 1.165) is 24.0 Å². The molecule has 74 valence electrons. The number of nitrogens with two attached hydrogens (primary N) is 1. The molecule has 0 heterocycles. The van der Waals surface area contributed by atoms with Crippen LogP contribution in [0.15, 0.2) is 18.2 Å².